The molecule has 0 saturated heterocycles. The highest BCUT2D eigenvalue weighted by Gasteiger charge is 2.35. The number of alkyl halides is 3. The lowest BCUT2D eigenvalue weighted by atomic mass is 9.83. The fourth-order valence-electron chi connectivity index (χ4n) is 4.41. The van der Waals surface area contributed by atoms with Crippen LogP contribution < -0.4 is 18.9 Å². The molecule has 154 valence electrons. The minimum atomic E-state index is -4.40. The van der Waals surface area contributed by atoms with E-state index in [-0.39, 0.29) is 18.6 Å². The lowest BCUT2D eigenvalue weighted by molar-refractivity contribution is -0.153. The summed E-state index contributed by atoms with van der Waals surface area (Å²) in [6.45, 7) is 0.508. The predicted octanol–water partition coefficient (Wildman–Crippen LogP) is 4.02. The van der Waals surface area contributed by atoms with E-state index in [1.54, 1.807) is 12.1 Å². The van der Waals surface area contributed by atoms with E-state index >= 15 is 0 Å². The summed E-state index contributed by atoms with van der Waals surface area (Å²) < 4.78 is 59.2. The van der Waals surface area contributed by atoms with Crippen LogP contribution in [-0.2, 0) is 19.4 Å². The summed E-state index contributed by atoms with van der Waals surface area (Å²) >= 11 is 0. The average molecular weight is 407 g/mol. The second kappa shape index (κ2) is 6.73. The van der Waals surface area contributed by atoms with Crippen molar-refractivity contribution < 1.29 is 32.1 Å². The Bertz CT molecular complexity index is 960. The van der Waals surface area contributed by atoms with Gasteiger partial charge in [-0.1, -0.05) is 0 Å². The quantitative estimate of drug-likeness (QED) is 0.769. The van der Waals surface area contributed by atoms with Crippen LogP contribution in [0.1, 0.15) is 28.3 Å². The molecule has 0 N–H and O–H groups in total. The maximum Gasteiger partial charge on any atom is 0.422 e. The summed E-state index contributed by atoms with van der Waals surface area (Å²) in [7, 11) is 1.44. The van der Waals surface area contributed by atoms with Crippen molar-refractivity contribution in [2.75, 3.05) is 27.1 Å². The molecule has 29 heavy (non-hydrogen) atoms. The third-order valence-corrected chi connectivity index (χ3v) is 5.77. The molecule has 5 rings (SSSR count). The minimum Gasteiger partial charge on any atom is -0.493 e. The summed E-state index contributed by atoms with van der Waals surface area (Å²) in [6.07, 6.45) is -2.79. The highest BCUT2D eigenvalue weighted by molar-refractivity contribution is 5.53. The van der Waals surface area contributed by atoms with Crippen LogP contribution in [0, 0.1) is 0 Å². The predicted molar refractivity (Wildman–Crippen MR) is 97.7 cm³/mol. The number of fused-ring (bicyclic) bond motifs is 5. The highest BCUT2D eigenvalue weighted by Crippen LogP contribution is 2.45. The van der Waals surface area contributed by atoms with Crippen LogP contribution in [0.15, 0.2) is 24.3 Å². The van der Waals surface area contributed by atoms with Crippen LogP contribution in [0.5, 0.6) is 23.0 Å². The van der Waals surface area contributed by atoms with E-state index in [1.165, 1.54) is 18.2 Å². The lowest BCUT2D eigenvalue weighted by Gasteiger charge is -2.41. The molecule has 0 spiro atoms. The first-order valence-electron chi connectivity index (χ1n) is 9.47. The fraction of sp³-hybridized carbons (Fsp3) is 0.429. The van der Waals surface area contributed by atoms with E-state index in [0.29, 0.717) is 18.7 Å². The molecular formula is C21H20F3NO4. The molecule has 2 aromatic carbocycles. The molecule has 3 heterocycles. The number of nitrogens with zero attached hydrogens (tertiary/aromatic N) is 1. The Labute approximate surface area is 165 Å². The van der Waals surface area contributed by atoms with Crippen LogP contribution in [0.4, 0.5) is 13.2 Å². The second-order valence-electron chi connectivity index (χ2n) is 7.52. The molecule has 0 saturated carbocycles. The molecule has 0 aliphatic carbocycles. The molecule has 1 atom stereocenters. The Kier molecular flexibility index (Phi) is 4.27. The van der Waals surface area contributed by atoms with Gasteiger partial charge in [-0.3, -0.25) is 4.90 Å². The maximum atomic E-state index is 12.6. The molecule has 0 radical (unpaired) electrons. The molecule has 0 unspecified atom stereocenters. The fourth-order valence-corrected chi connectivity index (χ4v) is 4.41. The van der Waals surface area contributed by atoms with Crippen LogP contribution in [0.25, 0.3) is 0 Å². The van der Waals surface area contributed by atoms with E-state index in [0.717, 1.165) is 35.6 Å². The first-order valence-corrected chi connectivity index (χ1v) is 9.47. The number of hydrogen-bond donors (Lipinski definition) is 0. The molecule has 3 aliphatic heterocycles. The van der Waals surface area contributed by atoms with Gasteiger partial charge in [0.25, 0.3) is 0 Å². The van der Waals surface area contributed by atoms with E-state index in [9.17, 15) is 13.2 Å². The summed E-state index contributed by atoms with van der Waals surface area (Å²) in [5.41, 5.74) is 4.47. The molecule has 0 fully saturated rings. The van der Waals surface area contributed by atoms with Crippen LogP contribution in [-0.4, -0.2) is 38.1 Å². The van der Waals surface area contributed by atoms with Crippen molar-refractivity contribution in [3.8, 4) is 23.0 Å². The van der Waals surface area contributed by atoms with Crippen LogP contribution in [0.2, 0.25) is 0 Å². The van der Waals surface area contributed by atoms with E-state index < -0.39 is 12.8 Å². The standard InChI is InChI=1S/C21H20F3NO4/c1-26-17-7-14-9-25-3-2-12-5-19-20(29-11-28-19)8-15(12)16(25)4-13(14)6-18(17)27-10-21(22,23)24/h5-8,16H,2-4,9-11H2,1H3/t16-/m0/s1. The Morgan fingerprint density at radius 2 is 1.79 bits per heavy atom. The van der Waals surface area contributed by atoms with Crippen molar-refractivity contribution in [2.24, 2.45) is 0 Å². The van der Waals surface area contributed by atoms with Crippen LogP contribution in [0.3, 0.4) is 0 Å². The number of hydrogen-bond acceptors (Lipinski definition) is 5. The zero-order valence-corrected chi connectivity index (χ0v) is 15.8. The smallest absolute Gasteiger partial charge is 0.422 e. The SMILES string of the molecule is COc1cc2c(cc1OCC(F)(F)F)C[C@H]1c3cc4c(cc3CCN1C2)OCO4. The highest BCUT2D eigenvalue weighted by atomic mass is 19.4. The molecule has 2 aromatic rings. The lowest BCUT2D eigenvalue weighted by Crippen LogP contribution is -2.39. The van der Waals surface area contributed by atoms with Crippen molar-refractivity contribution in [3.63, 3.8) is 0 Å². The van der Waals surface area contributed by atoms with E-state index in [4.69, 9.17) is 18.9 Å². The van der Waals surface area contributed by atoms with E-state index in [1.807, 2.05) is 6.07 Å². The normalized spacial score (nSPS) is 19.9. The number of rotatable bonds is 3. The largest absolute Gasteiger partial charge is 0.493 e. The van der Waals surface area contributed by atoms with Crippen molar-refractivity contribution >= 4 is 0 Å². The topological polar surface area (TPSA) is 40.2 Å². The average Bonchev–Trinajstić information content (AvgIpc) is 3.15. The van der Waals surface area contributed by atoms with Gasteiger partial charge in [-0.05, 0) is 59.4 Å². The third kappa shape index (κ3) is 3.35. The van der Waals surface area contributed by atoms with Crippen molar-refractivity contribution in [1.82, 2.24) is 4.90 Å². The Morgan fingerprint density at radius 1 is 1.03 bits per heavy atom. The monoisotopic (exact) mass is 407 g/mol. The summed E-state index contributed by atoms with van der Waals surface area (Å²) in [6, 6.07) is 7.73. The third-order valence-electron chi connectivity index (χ3n) is 5.77. The summed E-state index contributed by atoms with van der Waals surface area (Å²) in [5.74, 6) is 1.98. The first-order chi connectivity index (χ1) is 13.9. The van der Waals surface area contributed by atoms with Gasteiger partial charge in [-0.25, -0.2) is 0 Å². The molecule has 0 bridgehead atoms. The molecule has 8 heteroatoms. The Morgan fingerprint density at radius 3 is 2.55 bits per heavy atom. The van der Waals surface area contributed by atoms with Crippen molar-refractivity contribution in [2.45, 2.75) is 31.6 Å². The summed E-state index contributed by atoms with van der Waals surface area (Å²) in [5, 5.41) is 0. The van der Waals surface area contributed by atoms with Gasteiger partial charge in [0.2, 0.25) is 6.79 Å². The molecule has 0 amide bonds. The Balaban J connectivity index is 1.48. The van der Waals surface area contributed by atoms with Gasteiger partial charge in [-0.15, -0.1) is 0 Å². The molecule has 0 aromatic heterocycles. The number of halogens is 3. The zero-order chi connectivity index (χ0) is 20.2. The first kappa shape index (κ1) is 18.4. The Hall–Kier alpha value is -2.61. The molecule has 3 aliphatic rings. The summed E-state index contributed by atoms with van der Waals surface area (Å²) in [4.78, 5) is 2.39. The number of ether oxygens (including phenoxy) is 4. The van der Waals surface area contributed by atoms with Gasteiger partial charge in [0.15, 0.2) is 29.6 Å². The van der Waals surface area contributed by atoms with Crippen molar-refractivity contribution in [1.29, 1.82) is 0 Å². The van der Waals surface area contributed by atoms with Gasteiger partial charge in [-0.2, -0.15) is 13.2 Å². The van der Waals surface area contributed by atoms with Crippen LogP contribution >= 0.6 is 0 Å². The van der Waals surface area contributed by atoms with Crippen molar-refractivity contribution in [3.05, 3.63) is 46.5 Å². The van der Waals surface area contributed by atoms with Gasteiger partial charge < -0.3 is 18.9 Å². The molecular weight excluding hydrogens is 387 g/mol. The van der Waals surface area contributed by atoms with Gasteiger partial charge in [0.1, 0.15) is 0 Å². The molecule has 5 nitrogen and oxygen atoms in total. The number of methoxy groups -OCH3 is 1. The zero-order valence-electron chi connectivity index (χ0n) is 15.8. The maximum absolute atomic E-state index is 12.6. The minimum absolute atomic E-state index is 0.124. The van der Waals surface area contributed by atoms with Gasteiger partial charge in [0.05, 0.1) is 7.11 Å². The number of benzene rings is 2. The van der Waals surface area contributed by atoms with E-state index in [2.05, 4.69) is 11.0 Å². The van der Waals surface area contributed by atoms with Gasteiger partial charge >= 0.3 is 6.18 Å². The van der Waals surface area contributed by atoms with Gasteiger partial charge in [0, 0.05) is 19.1 Å². The second-order valence-corrected chi connectivity index (χ2v) is 7.52.